The summed E-state index contributed by atoms with van der Waals surface area (Å²) in [5.74, 6) is -0.0249. The third-order valence-corrected chi connectivity index (χ3v) is 2.98. The van der Waals surface area contributed by atoms with Gasteiger partial charge in [0.25, 0.3) is 0 Å². The number of rotatable bonds is 3. The Kier molecular flexibility index (Phi) is 3.94. The maximum absolute atomic E-state index is 10.8. The monoisotopic (exact) mass is 234 g/mol. The van der Waals surface area contributed by atoms with Gasteiger partial charge in [-0.25, -0.2) is 4.79 Å². The summed E-state index contributed by atoms with van der Waals surface area (Å²) >= 11 is 0. The molecular weight excluding hydrogens is 216 g/mol. The van der Waals surface area contributed by atoms with Gasteiger partial charge in [0.15, 0.2) is 0 Å². The minimum Gasteiger partial charge on any atom is -0.496 e. The zero-order valence-corrected chi connectivity index (χ0v) is 10.9. The summed E-state index contributed by atoms with van der Waals surface area (Å²) < 4.78 is 5.33. The molecule has 0 amide bonds. The van der Waals surface area contributed by atoms with Gasteiger partial charge in [-0.15, -0.1) is 0 Å². The maximum Gasteiger partial charge on any atom is 0.331 e. The largest absolute Gasteiger partial charge is 0.496 e. The summed E-state index contributed by atoms with van der Waals surface area (Å²) in [6, 6.07) is 1.95. The minimum atomic E-state index is -0.893. The first-order chi connectivity index (χ1) is 7.88. The van der Waals surface area contributed by atoms with Crippen LogP contribution in [-0.4, -0.2) is 18.2 Å². The molecule has 0 radical (unpaired) electrons. The van der Waals surface area contributed by atoms with Gasteiger partial charge < -0.3 is 9.84 Å². The second-order valence-electron chi connectivity index (χ2n) is 4.20. The van der Waals surface area contributed by atoms with Crippen LogP contribution >= 0.6 is 0 Å². The molecule has 1 aromatic carbocycles. The molecule has 0 fully saturated rings. The number of ether oxygens (including phenoxy) is 1. The van der Waals surface area contributed by atoms with Crippen molar-refractivity contribution in [2.45, 2.75) is 27.7 Å². The summed E-state index contributed by atoms with van der Waals surface area (Å²) in [7, 11) is 1.65. The molecule has 0 saturated carbocycles. The fourth-order valence-electron chi connectivity index (χ4n) is 1.85. The standard InChI is InChI=1S/C14H18O3/c1-8-6-12(7-9(2)14(15)16)10(3)11(4)13(8)17-5/h6-7H,1-5H3,(H,15,16)/b9-7+. The van der Waals surface area contributed by atoms with Crippen molar-refractivity contribution in [1.29, 1.82) is 0 Å². The Bertz CT molecular complexity index is 485. The molecule has 0 bridgehead atoms. The molecule has 0 spiro atoms. The van der Waals surface area contributed by atoms with Crippen LogP contribution in [0.5, 0.6) is 5.75 Å². The second kappa shape index (κ2) is 5.04. The molecule has 92 valence electrons. The van der Waals surface area contributed by atoms with Crippen molar-refractivity contribution in [3.8, 4) is 5.75 Å². The third kappa shape index (κ3) is 2.67. The lowest BCUT2D eigenvalue weighted by Gasteiger charge is -2.14. The molecule has 0 aromatic heterocycles. The van der Waals surface area contributed by atoms with Crippen molar-refractivity contribution in [2.75, 3.05) is 7.11 Å². The quantitative estimate of drug-likeness (QED) is 0.817. The van der Waals surface area contributed by atoms with Gasteiger partial charge in [-0.3, -0.25) is 0 Å². The number of hydrogen-bond donors (Lipinski definition) is 1. The molecule has 3 heteroatoms. The van der Waals surface area contributed by atoms with Crippen LogP contribution in [0.1, 0.15) is 29.2 Å². The average Bonchev–Trinajstić information content (AvgIpc) is 2.26. The van der Waals surface area contributed by atoms with Crippen molar-refractivity contribution in [2.24, 2.45) is 0 Å². The molecular formula is C14H18O3. The van der Waals surface area contributed by atoms with Gasteiger partial charge in [0.05, 0.1) is 7.11 Å². The summed E-state index contributed by atoms with van der Waals surface area (Å²) in [6.07, 6.45) is 1.69. The van der Waals surface area contributed by atoms with Gasteiger partial charge >= 0.3 is 5.97 Å². The Labute approximate surface area is 102 Å². The lowest BCUT2D eigenvalue weighted by molar-refractivity contribution is -0.132. The summed E-state index contributed by atoms with van der Waals surface area (Å²) in [5, 5.41) is 8.88. The predicted octanol–water partition coefficient (Wildman–Crippen LogP) is 3.11. The van der Waals surface area contributed by atoms with Crippen molar-refractivity contribution in [3.63, 3.8) is 0 Å². The van der Waals surface area contributed by atoms with E-state index in [-0.39, 0.29) is 0 Å². The van der Waals surface area contributed by atoms with E-state index < -0.39 is 5.97 Å². The number of carbonyl (C=O) groups is 1. The fraction of sp³-hybridized carbons (Fsp3) is 0.357. The predicted molar refractivity (Wildman–Crippen MR) is 68.5 cm³/mol. The van der Waals surface area contributed by atoms with E-state index in [9.17, 15) is 4.79 Å². The Hall–Kier alpha value is -1.77. The van der Waals surface area contributed by atoms with Gasteiger partial charge in [0, 0.05) is 5.57 Å². The molecule has 17 heavy (non-hydrogen) atoms. The number of hydrogen-bond acceptors (Lipinski definition) is 2. The van der Waals surface area contributed by atoms with Crippen LogP contribution in [0.3, 0.4) is 0 Å². The zero-order valence-electron chi connectivity index (χ0n) is 10.9. The normalized spacial score (nSPS) is 11.5. The Morgan fingerprint density at radius 3 is 2.35 bits per heavy atom. The molecule has 0 aliphatic rings. The first-order valence-electron chi connectivity index (χ1n) is 5.44. The smallest absolute Gasteiger partial charge is 0.331 e. The number of methoxy groups -OCH3 is 1. The van der Waals surface area contributed by atoms with E-state index in [1.165, 1.54) is 0 Å². The summed E-state index contributed by atoms with van der Waals surface area (Å²) in [4.78, 5) is 10.8. The zero-order chi connectivity index (χ0) is 13.2. The molecule has 0 aliphatic heterocycles. The highest BCUT2D eigenvalue weighted by Crippen LogP contribution is 2.29. The first kappa shape index (κ1) is 13.3. The number of aliphatic carboxylic acids is 1. The van der Waals surface area contributed by atoms with Crippen LogP contribution in [0, 0.1) is 20.8 Å². The van der Waals surface area contributed by atoms with Crippen LogP contribution in [0.2, 0.25) is 0 Å². The van der Waals surface area contributed by atoms with Gasteiger partial charge in [0.2, 0.25) is 0 Å². The van der Waals surface area contributed by atoms with E-state index in [1.807, 2.05) is 26.8 Å². The average molecular weight is 234 g/mol. The van der Waals surface area contributed by atoms with Crippen LogP contribution in [0.4, 0.5) is 0 Å². The van der Waals surface area contributed by atoms with Crippen molar-refractivity contribution in [1.82, 2.24) is 0 Å². The fourth-order valence-corrected chi connectivity index (χ4v) is 1.85. The lowest BCUT2D eigenvalue weighted by Crippen LogP contribution is -1.99. The van der Waals surface area contributed by atoms with Crippen molar-refractivity contribution in [3.05, 3.63) is 33.9 Å². The lowest BCUT2D eigenvalue weighted by atomic mass is 9.97. The first-order valence-corrected chi connectivity index (χ1v) is 5.44. The van der Waals surface area contributed by atoms with Gasteiger partial charge in [-0.05, 0) is 62.1 Å². The topological polar surface area (TPSA) is 46.5 Å². The van der Waals surface area contributed by atoms with E-state index in [2.05, 4.69) is 0 Å². The van der Waals surface area contributed by atoms with E-state index in [0.29, 0.717) is 5.57 Å². The van der Waals surface area contributed by atoms with E-state index >= 15 is 0 Å². The molecule has 1 rings (SSSR count). The van der Waals surface area contributed by atoms with E-state index in [0.717, 1.165) is 28.0 Å². The minimum absolute atomic E-state index is 0.331. The number of benzene rings is 1. The Balaban J connectivity index is 3.38. The molecule has 1 aromatic rings. The maximum atomic E-state index is 10.8. The highest BCUT2D eigenvalue weighted by Gasteiger charge is 2.10. The van der Waals surface area contributed by atoms with E-state index in [1.54, 1.807) is 20.1 Å². The highest BCUT2D eigenvalue weighted by atomic mass is 16.5. The number of aryl methyl sites for hydroxylation is 1. The van der Waals surface area contributed by atoms with Crippen LogP contribution in [-0.2, 0) is 4.79 Å². The molecule has 0 atom stereocenters. The number of carboxylic acids is 1. The van der Waals surface area contributed by atoms with Crippen LogP contribution in [0.25, 0.3) is 6.08 Å². The third-order valence-electron chi connectivity index (χ3n) is 2.98. The van der Waals surface area contributed by atoms with E-state index in [4.69, 9.17) is 9.84 Å². The Morgan fingerprint density at radius 1 is 1.29 bits per heavy atom. The molecule has 0 aliphatic carbocycles. The molecule has 0 heterocycles. The van der Waals surface area contributed by atoms with Crippen molar-refractivity contribution < 1.29 is 14.6 Å². The summed E-state index contributed by atoms with van der Waals surface area (Å²) in [6.45, 7) is 7.50. The van der Waals surface area contributed by atoms with Crippen molar-refractivity contribution >= 4 is 12.0 Å². The molecule has 1 N–H and O–H groups in total. The van der Waals surface area contributed by atoms with Gasteiger partial charge in [-0.1, -0.05) is 0 Å². The van der Waals surface area contributed by atoms with Gasteiger partial charge in [0.1, 0.15) is 5.75 Å². The summed E-state index contributed by atoms with van der Waals surface area (Å²) in [5.41, 5.74) is 4.38. The molecule has 3 nitrogen and oxygen atoms in total. The van der Waals surface area contributed by atoms with Crippen LogP contribution < -0.4 is 4.74 Å². The second-order valence-corrected chi connectivity index (χ2v) is 4.20. The molecule has 0 unspecified atom stereocenters. The Morgan fingerprint density at radius 2 is 1.88 bits per heavy atom. The molecule has 0 saturated heterocycles. The van der Waals surface area contributed by atoms with Gasteiger partial charge in [-0.2, -0.15) is 0 Å². The highest BCUT2D eigenvalue weighted by molar-refractivity contribution is 5.91. The van der Waals surface area contributed by atoms with Crippen LogP contribution in [0.15, 0.2) is 11.6 Å². The SMILES string of the molecule is COc1c(C)cc(/C=C(\C)C(=O)O)c(C)c1C. The number of carboxylic acid groups (broad SMARTS) is 1.